The van der Waals surface area contributed by atoms with Crippen molar-refractivity contribution in [2.45, 2.75) is 24.7 Å². The van der Waals surface area contributed by atoms with Gasteiger partial charge in [-0.25, -0.2) is 8.42 Å². The molecule has 0 heterocycles. The second-order valence-electron chi connectivity index (χ2n) is 4.82. The first-order valence-electron chi connectivity index (χ1n) is 6.27. The molecule has 0 amide bonds. The quantitative estimate of drug-likeness (QED) is 0.886. The smallest absolute Gasteiger partial charge is 0.263 e. The van der Waals surface area contributed by atoms with Crippen molar-refractivity contribution in [1.82, 2.24) is 0 Å². The first-order chi connectivity index (χ1) is 9.40. The van der Waals surface area contributed by atoms with E-state index in [1.165, 1.54) is 0 Å². The van der Waals surface area contributed by atoms with Crippen LogP contribution >= 0.6 is 15.9 Å². The highest BCUT2D eigenvalue weighted by Gasteiger charge is 2.17. The number of sulfonamides is 1. The lowest BCUT2D eigenvalue weighted by Crippen LogP contribution is -2.13. The third-order valence-electron chi connectivity index (χ3n) is 2.93. The SMILES string of the molecule is CC(C)c1cccc(NS(=O)(=O)c2ccccc2Br)c1. The molecular formula is C15H16BrNO2S. The lowest BCUT2D eigenvalue weighted by Gasteiger charge is -2.12. The van der Waals surface area contributed by atoms with E-state index in [4.69, 9.17) is 0 Å². The van der Waals surface area contributed by atoms with Gasteiger partial charge < -0.3 is 0 Å². The summed E-state index contributed by atoms with van der Waals surface area (Å²) in [4.78, 5) is 0.231. The molecule has 0 saturated carbocycles. The fourth-order valence-electron chi connectivity index (χ4n) is 1.83. The maximum atomic E-state index is 12.4. The van der Waals surface area contributed by atoms with E-state index in [2.05, 4.69) is 34.5 Å². The number of rotatable bonds is 4. The van der Waals surface area contributed by atoms with Gasteiger partial charge in [-0.2, -0.15) is 0 Å². The highest BCUT2D eigenvalue weighted by Crippen LogP contribution is 2.25. The van der Waals surface area contributed by atoms with Crippen molar-refractivity contribution in [3.05, 3.63) is 58.6 Å². The molecular weight excluding hydrogens is 338 g/mol. The molecule has 0 atom stereocenters. The number of nitrogens with one attached hydrogen (secondary N) is 1. The van der Waals surface area contributed by atoms with Gasteiger partial charge in [0.05, 0.1) is 0 Å². The van der Waals surface area contributed by atoms with Crippen LogP contribution < -0.4 is 4.72 Å². The summed E-state index contributed by atoms with van der Waals surface area (Å²) in [5.41, 5.74) is 1.67. The van der Waals surface area contributed by atoms with Gasteiger partial charge in [-0.15, -0.1) is 0 Å². The zero-order valence-corrected chi connectivity index (χ0v) is 13.7. The van der Waals surface area contributed by atoms with Crippen LogP contribution in [0.15, 0.2) is 57.9 Å². The van der Waals surface area contributed by atoms with E-state index in [0.29, 0.717) is 16.1 Å². The lowest BCUT2D eigenvalue weighted by atomic mass is 10.0. The van der Waals surface area contributed by atoms with E-state index < -0.39 is 10.0 Å². The second-order valence-corrected chi connectivity index (χ2v) is 7.32. The standard InChI is InChI=1S/C15H16BrNO2S/c1-11(2)12-6-5-7-13(10-12)17-20(18,19)15-9-4-3-8-14(15)16/h3-11,17H,1-2H3. The maximum absolute atomic E-state index is 12.4. The van der Waals surface area contributed by atoms with Crippen LogP contribution in [-0.4, -0.2) is 8.42 Å². The van der Waals surface area contributed by atoms with Gasteiger partial charge in [-0.3, -0.25) is 4.72 Å². The van der Waals surface area contributed by atoms with Crippen LogP contribution in [0.2, 0.25) is 0 Å². The van der Waals surface area contributed by atoms with E-state index in [-0.39, 0.29) is 4.90 Å². The second kappa shape index (κ2) is 5.97. The molecule has 2 aromatic rings. The van der Waals surface area contributed by atoms with Crippen molar-refractivity contribution >= 4 is 31.6 Å². The van der Waals surface area contributed by atoms with Gasteiger partial charge >= 0.3 is 0 Å². The van der Waals surface area contributed by atoms with E-state index in [1.54, 1.807) is 30.3 Å². The number of anilines is 1. The van der Waals surface area contributed by atoms with Gasteiger partial charge in [0.25, 0.3) is 10.0 Å². The molecule has 0 radical (unpaired) electrons. The molecule has 3 nitrogen and oxygen atoms in total. The van der Waals surface area contributed by atoms with E-state index in [9.17, 15) is 8.42 Å². The van der Waals surface area contributed by atoms with Gasteiger partial charge in [-0.1, -0.05) is 38.1 Å². The zero-order chi connectivity index (χ0) is 14.8. The molecule has 0 aliphatic heterocycles. The molecule has 2 rings (SSSR count). The number of benzene rings is 2. The Hall–Kier alpha value is -1.33. The number of halogens is 1. The van der Waals surface area contributed by atoms with Crippen LogP contribution in [0, 0.1) is 0 Å². The van der Waals surface area contributed by atoms with Gasteiger partial charge in [0, 0.05) is 10.2 Å². The van der Waals surface area contributed by atoms with Gasteiger partial charge in [0.1, 0.15) is 4.90 Å². The summed E-state index contributed by atoms with van der Waals surface area (Å²) in [6, 6.07) is 14.2. The summed E-state index contributed by atoms with van der Waals surface area (Å²) in [7, 11) is -3.58. The summed E-state index contributed by atoms with van der Waals surface area (Å²) < 4.78 is 27.9. The summed E-state index contributed by atoms with van der Waals surface area (Å²) >= 11 is 3.26. The van der Waals surface area contributed by atoms with Crippen LogP contribution in [0.3, 0.4) is 0 Å². The first-order valence-corrected chi connectivity index (χ1v) is 8.55. The Bertz CT molecular complexity index is 711. The van der Waals surface area contributed by atoms with Crippen molar-refractivity contribution in [3.63, 3.8) is 0 Å². The predicted molar refractivity (Wildman–Crippen MR) is 85.5 cm³/mol. The number of hydrogen-bond donors (Lipinski definition) is 1. The van der Waals surface area contributed by atoms with Crippen molar-refractivity contribution < 1.29 is 8.42 Å². The van der Waals surface area contributed by atoms with Crippen molar-refractivity contribution in [2.75, 3.05) is 4.72 Å². The molecule has 0 unspecified atom stereocenters. The highest BCUT2D eigenvalue weighted by atomic mass is 79.9. The topological polar surface area (TPSA) is 46.2 Å². The maximum Gasteiger partial charge on any atom is 0.263 e. The number of hydrogen-bond acceptors (Lipinski definition) is 2. The molecule has 0 saturated heterocycles. The third kappa shape index (κ3) is 3.41. The fraction of sp³-hybridized carbons (Fsp3) is 0.200. The van der Waals surface area contributed by atoms with Crippen molar-refractivity contribution in [1.29, 1.82) is 0 Å². The molecule has 5 heteroatoms. The minimum Gasteiger partial charge on any atom is -0.280 e. The molecule has 0 aromatic heterocycles. The Morgan fingerprint density at radius 1 is 1.05 bits per heavy atom. The van der Waals surface area contributed by atoms with Gasteiger partial charge in [-0.05, 0) is 51.7 Å². The lowest BCUT2D eigenvalue weighted by molar-refractivity contribution is 0.600. The van der Waals surface area contributed by atoms with Crippen molar-refractivity contribution in [2.24, 2.45) is 0 Å². The van der Waals surface area contributed by atoms with Crippen LogP contribution in [0.1, 0.15) is 25.3 Å². The van der Waals surface area contributed by atoms with Crippen LogP contribution in [0.5, 0.6) is 0 Å². The monoisotopic (exact) mass is 353 g/mol. The Morgan fingerprint density at radius 3 is 2.40 bits per heavy atom. The fourth-order valence-corrected chi connectivity index (χ4v) is 3.89. The van der Waals surface area contributed by atoms with E-state index >= 15 is 0 Å². The molecule has 0 aliphatic rings. The highest BCUT2D eigenvalue weighted by molar-refractivity contribution is 9.10. The molecule has 0 fully saturated rings. The van der Waals surface area contributed by atoms with E-state index in [1.807, 2.05) is 18.2 Å². The first kappa shape index (κ1) is 15.1. The Morgan fingerprint density at radius 2 is 1.75 bits per heavy atom. The van der Waals surface area contributed by atoms with Crippen LogP contribution in [0.4, 0.5) is 5.69 Å². The summed E-state index contributed by atoms with van der Waals surface area (Å²) in [6.07, 6.45) is 0. The van der Waals surface area contributed by atoms with E-state index in [0.717, 1.165) is 5.56 Å². The molecule has 2 aromatic carbocycles. The Labute approximate surface area is 128 Å². The Kier molecular flexibility index (Phi) is 4.50. The van der Waals surface area contributed by atoms with Crippen molar-refractivity contribution in [3.8, 4) is 0 Å². The molecule has 1 N–H and O–H groups in total. The van der Waals surface area contributed by atoms with Crippen LogP contribution in [0.25, 0.3) is 0 Å². The largest absolute Gasteiger partial charge is 0.280 e. The average Bonchev–Trinajstić information content (AvgIpc) is 2.38. The summed E-state index contributed by atoms with van der Waals surface area (Å²) in [5, 5.41) is 0. The van der Waals surface area contributed by atoms with Crippen LogP contribution in [-0.2, 0) is 10.0 Å². The normalized spacial score (nSPS) is 11.6. The molecule has 0 bridgehead atoms. The Balaban J connectivity index is 2.34. The summed E-state index contributed by atoms with van der Waals surface area (Å²) in [5.74, 6) is 0.350. The molecule has 0 spiro atoms. The van der Waals surface area contributed by atoms with Gasteiger partial charge in [0.15, 0.2) is 0 Å². The molecule has 106 valence electrons. The molecule has 0 aliphatic carbocycles. The average molecular weight is 354 g/mol. The predicted octanol–water partition coefficient (Wildman–Crippen LogP) is 4.37. The molecule has 20 heavy (non-hydrogen) atoms. The summed E-state index contributed by atoms with van der Waals surface area (Å²) in [6.45, 7) is 4.14. The zero-order valence-electron chi connectivity index (χ0n) is 11.3. The third-order valence-corrected chi connectivity index (χ3v) is 5.33. The minimum absolute atomic E-state index is 0.231. The minimum atomic E-state index is -3.58. The van der Waals surface area contributed by atoms with Gasteiger partial charge in [0.2, 0.25) is 0 Å².